The van der Waals surface area contributed by atoms with Gasteiger partial charge >= 0.3 is 5.69 Å². The number of aryl methyl sites for hydroxylation is 1. The number of fused-ring (bicyclic) bond motifs is 9. The van der Waals surface area contributed by atoms with Crippen molar-refractivity contribution in [3.63, 3.8) is 0 Å². The smallest absolute Gasteiger partial charge is 0.296 e. The maximum absolute atomic E-state index is 13.5. The van der Waals surface area contributed by atoms with Gasteiger partial charge in [-0.3, -0.25) is 8.97 Å². The summed E-state index contributed by atoms with van der Waals surface area (Å²) in [6, 6.07) is 40.8. The third kappa shape index (κ3) is 2.80. The van der Waals surface area contributed by atoms with E-state index >= 15 is 0 Å². The Morgan fingerprint density at radius 1 is 0.486 bits per heavy atom. The molecular formula is C34H22N2O. The second kappa shape index (κ2) is 7.31. The highest BCUT2D eigenvalue weighted by atomic mass is 16.1. The summed E-state index contributed by atoms with van der Waals surface area (Å²) in [6.07, 6.45) is 0. The molecule has 0 radical (unpaired) electrons. The van der Waals surface area contributed by atoms with E-state index in [0.717, 1.165) is 32.9 Å². The van der Waals surface area contributed by atoms with Gasteiger partial charge in [-0.25, -0.2) is 4.79 Å². The quantitative estimate of drug-likeness (QED) is 0.174. The maximum atomic E-state index is 13.5. The largest absolute Gasteiger partial charge is 0.333 e. The monoisotopic (exact) mass is 474 g/mol. The summed E-state index contributed by atoms with van der Waals surface area (Å²) in [5.74, 6) is 0. The van der Waals surface area contributed by atoms with Crippen LogP contribution in [0, 0.1) is 0 Å². The SMILES string of the molecule is Cn1c(=O)n2c3cc(-c4cccc5c4ccc4cc6ccccc6cc45)ccc3cc2c2ccccc21. The number of nitrogens with zero attached hydrogens (tertiary/aromatic N) is 2. The van der Waals surface area contributed by atoms with Crippen molar-refractivity contribution < 1.29 is 0 Å². The van der Waals surface area contributed by atoms with Gasteiger partial charge in [0.15, 0.2) is 0 Å². The first-order valence-corrected chi connectivity index (χ1v) is 12.5. The van der Waals surface area contributed by atoms with Crippen molar-refractivity contribution >= 4 is 59.6 Å². The molecule has 2 aromatic heterocycles. The Bertz CT molecular complexity index is 2280. The average molecular weight is 475 g/mol. The molecule has 0 amide bonds. The fourth-order valence-electron chi connectivity index (χ4n) is 6.04. The molecular weight excluding hydrogens is 452 g/mol. The van der Waals surface area contributed by atoms with Crippen molar-refractivity contribution in [1.82, 2.24) is 8.97 Å². The zero-order chi connectivity index (χ0) is 24.7. The van der Waals surface area contributed by atoms with Crippen LogP contribution in [0.5, 0.6) is 0 Å². The van der Waals surface area contributed by atoms with Crippen molar-refractivity contribution in [2.24, 2.45) is 7.05 Å². The van der Waals surface area contributed by atoms with Crippen LogP contribution >= 0.6 is 0 Å². The fourth-order valence-corrected chi connectivity index (χ4v) is 6.04. The van der Waals surface area contributed by atoms with Crippen molar-refractivity contribution in [2.45, 2.75) is 0 Å². The Kier molecular flexibility index (Phi) is 4.01. The first-order valence-electron chi connectivity index (χ1n) is 12.5. The number of hydrogen-bond acceptors (Lipinski definition) is 1. The molecule has 0 unspecified atom stereocenters. The van der Waals surface area contributed by atoms with Gasteiger partial charge in [0.1, 0.15) is 0 Å². The predicted octanol–water partition coefficient (Wildman–Crippen LogP) is 8.07. The van der Waals surface area contributed by atoms with Gasteiger partial charge in [-0.05, 0) is 73.8 Å². The predicted molar refractivity (Wildman–Crippen MR) is 156 cm³/mol. The van der Waals surface area contributed by atoms with Crippen LogP contribution in [0.25, 0.3) is 70.8 Å². The lowest BCUT2D eigenvalue weighted by Crippen LogP contribution is -2.24. The Morgan fingerprint density at radius 2 is 1.24 bits per heavy atom. The van der Waals surface area contributed by atoms with E-state index in [4.69, 9.17) is 0 Å². The van der Waals surface area contributed by atoms with Crippen LogP contribution in [0.4, 0.5) is 0 Å². The summed E-state index contributed by atoms with van der Waals surface area (Å²) < 4.78 is 3.59. The molecule has 0 saturated heterocycles. The second-order valence-corrected chi connectivity index (χ2v) is 9.88. The number of para-hydroxylation sites is 1. The first-order chi connectivity index (χ1) is 18.2. The summed E-state index contributed by atoms with van der Waals surface area (Å²) in [7, 11) is 1.85. The molecule has 2 heterocycles. The average Bonchev–Trinajstić information content (AvgIpc) is 3.33. The minimum atomic E-state index is -0.0309. The van der Waals surface area contributed by atoms with Crippen molar-refractivity contribution in [3.8, 4) is 11.1 Å². The van der Waals surface area contributed by atoms with Crippen LogP contribution in [-0.4, -0.2) is 8.97 Å². The lowest BCUT2D eigenvalue weighted by Gasteiger charge is -2.11. The van der Waals surface area contributed by atoms with Gasteiger partial charge < -0.3 is 0 Å². The standard InChI is InChI=1S/C34H22N2O/c1-35-31-12-5-4-9-29(31)33-20-25-14-13-24(19-32(25)36(33)34(35)37)26-10-6-11-27-28(26)16-15-23-17-21-7-2-3-8-22(21)18-30(23)27/h2-20H,1H3. The summed E-state index contributed by atoms with van der Waals surface area (Å²) in [4.78, 5) is 13.5. The van der Waals surface area contributed by atoms with E-state index in [1.54, 1.807) is 4.57 Å². The van der Waals surface area contributed by atoms with Gasteiger partial charge in [0.25, 0.3) is 0 Å². The first kappa shape index (κ1) is 20.3. The molecule has 8 aromatic rings. The van der Waals surface area contributed by atoms with Crippen LogP contribution in [0.15, 0.2) is 120 Å². The minimum Gasteiger partial charge on any atom is -0.296 e. The molecule has 3 nitrogen and oxygen atoms in total. The number of aromatic nitrogens is 2. The molecule has 0 aliphatic rings. The molecule has 0 aliphatic heterocycles. The zero-order valence-corrected chi connectivity index (χ0v) is 20.3. The third-order valence-electron chi connectivity index (χ3n) is 7.88. The second-order valence-electron chi connectivity index (χ2n) is 9.88. The van der Waals surface area contributed by atoms with E-state index in [1.165, 1.54) is 37.9 Å². The molecule has 0 bridgehead atoms. The van der Waals surface area contributed by atoms with Crippen molar-refractivity contribution in [3.05, 3.63) is 126 Å². The molecule has 0 atom stereocenters. The highest BCUT2D eigenvalue weighted by Crippen LogP contribution is 2.36. The summed E-state index contributed by atoms with van der Waals surface area (Å²) in [5.41, 5.74) is 5.06. The van der Waals surface area contributed by atoms with E-state index in [0.29, 0.717) is 0 Å². The Morgan fingerprint density at radius 3 is 2.14 bits per heavy atom. The molecule has 37 heavy (non-hydrogen) atoms. The molecule has 0 spiro atoms. The number of benzene rings is 6. The van der Waals surface area contributed by atoms with Crippen LogP contribution in [0.2, 0.25) is 0 Å². The Balaban J connectivity index is 1.42. The Labute approximate surface area is 212 Å². The van der Waals surface area contributed by atoms with Gasteiger partial charge in [0, 0.05) is 17.8 Å². The highest BCUT2D eigenvalue weighted by Gasteiger charge is 2.14. The van der Waals surface area contributed by atoms with Gasteiger partial charge in [-0.1, -0.05) is 84.9 Å². The molecule has 3 heteroatoms. The molecule has 174 valence electrons. The maximum Gasteiger partial charge on any atom is 0.333 e. The summed E-state index contributed by atoms with van der Waals surface area (Å²) >= 11 is 0. The zero-order valence-electron chi connectivity index (χ0n) is 20.3. The van der Waals surface area contributed by atoms with E-state index in [2.05, 4.69) is 97.1 Å². The lowest BCUT2D eigenvalue weighted by atomic mass is 9.93. The van der Waals surface area contributed by atoms with E-state index < -0.39 is 0 Å². The molecule has 0 fully saturated rings. The van der Waals surface area contributed by atoms with Crippen LogP contribution in [0.3, 0.4) is 0 Å². The summed E-state index contributed by atoms with van der Waals surface area (Å²) in [6.45, 7) is 0. The number of rotatable bonds is 1. The third-order valence-corrected chi connectivity index (χ3v) is 7.88. The van der Waals surface area contributed by atoms with E-state index in [-0.39, 0.29) is 5.69 Å². The lowest BCUT2D eigenvalue weighted by molar-refractivity contribution is 0.838. The normalized spacial score (nSPS) is 12.0. The van der Waals surface area contributed by atoms with Crippen LogP contribution in [0.1, 0.15) is 0 Å². The molecule has 0 aliphatic carbocycles. The molecule has 8 rings (SSSR count). The Hall–Kier alpha value is -4.89. The van der Waals surface area contributed by atoms with E-state index in [1.807, 2.05) is 29.6 Å². The van der Waals surface area contributed by atoms with Crippen molar-refractivity contribution in [2.75, 3.05) is 0 Å². The number of hydrogen-bond donors (Lipinski definition) is 0. The van der Waals surface area contributed by atoms with E-state index in [9.17, 15) is 4.79 Å². The van der Waals surface area contributed by atoms with Crippen molar-refractivity contribution in [1.29, 1.82) is 0 Å². The van der Waals surface area contributed by atoms with Gasteiger partial charge in [-0.2, -0.15) is 0 Å². The topological polar surface area (TPSA) is 26.4 Å². The fraction of sp³-hybridized carbons (Fsp3) is 0.0294. The highest BCUT2D eigenvalue weighted by molar-refractivity contribution is 6.15. The summed E-state index contributed by atoms with van der Waals surface area (Å²) in [5, 5.41) is 9.59. The van der Waals surface area contributed by atoms with Gasteiger partial charge in [0.2, 0.25) is 0 Å². The van der Waals surface area contributed by atoms with Crippen LogP contribution in [-0.2, 0) is 7.05 Å². The van der Waals surface area contributed by atoms with Gasteiger partial charge in [0.05, 0.1) is 16.6 Å². The van der Waals surface area contributed by atoms with Gasteiger partial charge in [-0.15, -0.1) is 0 Å². The molecule has 6 aromatic carbocycles. The van der Waals surface area contributed by atoms with Crippen LogP contribution < -0.4 is 5.69 Å². The molecule has 0 N–H and O–H groups in total. The minimum absolute atomic E-state index is 0.0309. The molecule has 0 saturated carbocycles.